The van der Waals surface area contributed by atoms with Gasteiger partial charge in [-0.05, 0) is 55.7 Å². The molecule has 0 atom stereocenters. The van der Waals surface area contributed by atoms with E-state index in [-0.39, 0.29) is 5.91 Å². The summed E-state index contributed by atoms with van der Waals surface area (Å²) in [5.41, 5.74) is 2.82. The summed E-state index contributed by atoms with van der Waals surface area (Å²) in [7, 11) is 0. The molecule has 1 heterocycles. The van der Waals surface area contributed by atoms with E-state index in [0.717, 1.165) is 22.6 Å². The molecule has 3 fully saturated rings. The maximum absolute atomic E-state index is 12.6. The molecule has 3 aliphatic rings. The van der Waals surface area contributed by atoms with Crippen molar-refractivity contribution in [2.45, 2.75) is 19.3 Å². The van der Waals surface area contributed by atoms with Crippen LogP contribution in [0.1, 0.15) is 24.8 Å². The van der Waals surface area contributed by atoms with Gasteiger partial charge in [0, 0.05) is 22.3 Å². The number of benzene rings is 2. The van der Waals surface area contributed by atoms with Crippen LogP contribution in [-0.4, -0.2) is 22.0 Å². The minimum atomic E-state index is -0.798. The first kappa shape index (κ1) is 19.3. The molecular weight excluding hydrogens is 412 g/mol. The van der Waals surface area contributed by atoms with Gasteiger partial charge in [-0.1, -0.05) is 12.1 Å². The Labute approximate surface area is 182 Å². The summed E-state index contributed by atoms with van der Waals surface area (Å²) >= 11 is 1.35. The van der Waals surface area contributed by atoms with Gasteiger partial charge in [0.1, 0.15) is 0 Å². The Kier molecular flexibility index (Phi) is 4.31. The lowest BCUT2D eigenvalue weighted by atomic mass is 9.35. The molecule has 1 amide bonds. The number of thiazole rings is 1. The molecule has 8 heteroatoms. The molecule has 1 aromatic heterocycles. The van der Waals surface area contributed by atoms with E-state index in [1.165, 1.54) is 11.3 Å². The highest BCUT2D eigenvalue weighted by Crippen LogP contribution is 2.73. The van der Waals surface area contributed by atoms with E-state index in [1.807, 2.05) is 41.8 Å². The third-order valence-corrected chi connectivity index (χ3v) is 6.91. The molecule has 0 radical (unpaired) electrons. The first-order valence-electron chi connectivity index (χ1n) is 9.80. The van der Waals surface area contributed by atoms with Crippen LogP contribution >= 0.6 is 11.3 Å². The highest BCUT2D eigenvalue weighted by Gasteiger charge is 2.75. The van der Waals surface area contributed by atoms with E-state index in [1.54, 1.807) is 12.1 Å². The van der Waals surface area contributed by atoms with E-state index in [9.17, 15) is 14.7 Å². The van der Waals surface area contributed by atoms with Crippen molar-refractivity contribution >= 4 is 39.7 Å². The molecule has 2 bridgehead atoms. The molecule has 7 nitrogen and oxygen atoms in total. The van der Waals surface area contributed by atoms with E-state index in [0.29, 0.717) is 30.0 Å². The third kappa shape index (κ3) is 3.23. The molecule has 0 aliphatic heterocycles. The Morgan fingerprint density at radius 2 is 1.81 bits per heavy atom. The number of carboxylic acids is 1. The molecule has 3 saturated carbocycles. The number of aliphatic carboxylic acids is 1. The summed E-state index contributed by atoms with van der Waals surface area (Å²) in [5, 5.41) is 26.7. The number of nitrogens with zero attached hydrogens (tertiary/aromatic N) is 2. The van der Waals surface area contributed by atoms with Gasteiger partial charge in [0.05, 0.1) is 28.2 Å². The normalized spacial score (nSPS) is 23.1. The summed E-state index contributed by atoms with van der Waals surface area (Å²) in [6.45, 7) is 0. The monoisotopic (exact) mass is 430 g/mol. The van der Waals surface area contributed by atoms with Crippen molar-refractivity contribution in [2.24, 2.45) is 10.8 Å². The Morgan fingerprint density at radius 3 is 2.48 bits per heavy atom. The smallest absolute Gasteiger partial charge is 0.309 e. The van der Waals surface area contributed by atoms with Gasteiger partial charge < -0.3 is 15.7 Å². The fourth-order valence-electron chi connectivity index (χ4n) is 4.50. The van der Waals surface area contributed by atoms with Crippen LogP contribution in [0.3, 0.4) is 0 Å². The number of aromatic nitrogens is 1. The topological polar surface area (TPSA) is 115 Å². The van der Waals surface area contributed by atoms with Crippen LogP contribution in [0.25, 0.3) is 11.3 Å². The minimum absolute atomic E-state index is 0.132. The number of hydrogen-bond acceptors (Lipinski definition) is 6. The van der Waals surface area contributed by atoms with Crippen molar-refractivity contribution in [3.63, 3.8) is 0 Å². The molecule has 31 heavy (non-hydrogen) atoms. The highest BCUT2D eigenvalue weighted by molar-refractivity contribution is 7.14. The third-order valence-electron chi connectivity index (χ3n) is 6.15. The lowest BCUT2D eigenvalue weighted by Gasteiger charge is -2.66. The second-order valence-electron chi connectivity index (χ2n) is 8.28. The van der Waals surface area contributed by atoms with Gasteiger partial charge in [0.15, 0.2) is 5.13 Å². The molecular formula is C23H18N4O3S. The number of nitrogens with one attached hydrogen (secondary N) is 2. The Bertz CT molecular complexity index is 1220. The van der Waals surface area contributed by atoms with Gasteiger partial charge in [-0.2, -0.15) is 5.26 Å². The standard InChI is InChI=1S/C23H18N4O3S/c24-9-14-4-6-16(7-5-14)25-17-3-1-2-15(8-17)18-10-31-21(26-18)27-19(28)22-11-23(12-22,13-22)20(29)30/h1-8,10,25H,11-13H2,(H,29,30)(H,26,27,28). The van der Waals surface area contributed by atoms with Crippen molar-refractivity contribution in [1.82, 2.24) is 4.98 Å². The van der Waals surface area contributed by atoms with Crippen LogP contribution in [-0.2, 0) is 9.59 Å². The SMILES string of the molecule is N#Cc1ccc(Nc2cccc(-c3csc(NC(=O)C45CC(C(=O)O)(C4)C5)n3)c2)cc1. The summed E-state index contributed by atoms with van der Waals surface area (Å²) in [4.78, 5) is 28.4. The van der Waals surface area contributed by atoms with Crippen LogP contribution in [0.5, 0.6) is 0 Å². The van der Waals surface area contributed by atoms with Gasteiger partial charge in [-0.3, -0.25) is 9.59 Å². The lowest BCUT2D eigenvalue weighted by Crippen LogP contribution is -2.69. The second-order valence-corrected chi connectivity index (χ2v) is 9.14. The zero-order valence-corrected chi connectivity index (χ0v) is 17.2. The van der Waals surface area contributed by atoms with Gasteiger partial charge in [-0.15, -0.1) is 11.3 Å². The molecule has 154 valence electrons. The maximum Gasteiger partial charge on any atom is 0.309 e. The first-order chi connectivity index (χ1) is 14.9. The number of rotatable bonds is 6. The molecule has 3 N–H and O–H groups in total. The number of carbonyl (C=O) groups excluding carboxylic acids is 1. The summed E-state index contributed by atoms with van der Waals surface area (Å²) in [5.74, 6) is -0.930. The zero-order chi connectivity index (χ0) is 21.6. The van der Waals surface area contributed by atoms with Crippen LogP contribution in [0.4, 0.5) is 16.5 Å². The van der Waals surface area contributed by atoms with Crippen LogP contribution < -0.4 is 10.6 Å². The Hall–Kier alpha value is -3.70. The summed E-state index contributed by atoms with van der Waals surface area (Å²) < 4.78 is 0. The van der Waals surface area contributed by atoms with Crippen molar-refractivity contribution in [2.75, 3.05) is 10.6 Å². The predicted molar refractivity (Wildman–Crippen MR) is 117 cm³/mol. The molecule has 3 aromatic rings. The summed E-state index contributed by atoms with van der Waals surface area (Å²) in [6, 6.07) is 17.1. The van der Waals surface area contributed by atoms with Crippen LogP contribution in [0, 0.1) is 22.2 Å². The number of carboxylic acid groups (broad SMARTS) is 1. The van der Waals surface area contributed by atoms with Gasteiger partial charge in [-0.25, -0.2) is 4.98 Å². The molecule has 2 aromatic carbocycles. The van der Waals surface area contributed by atoms with E-state index >= 15 is 0 Å². The van der Waals surface area contributed by atoms with E-state index < -0.39 is 16.8 Å². The van der Waals surface area contributed by atoms with E-state index in [4.69, 9.17) is 5.26 Å². The second kappa shape index (κ2) is 6.93. The van der Waals surface area contributed by atoms with Gasteiger partial charge in [0.25, 0.3) is 0 Å². The van der Waals surface area contributed by atoms with E-state index in [2.05, 4.69) is 21.7 Å². The van der Waals surface area contributed by atoms with Gasteiger partial charge in [0.2, 0.25) is 5.91 Å². The fraction of sp³-hybridized carbons (Fsp3) is 0.217. The van der Waals surface area contributed by atoms with Crippen molar-refractivity contribution in [3.8, 4) is 17.3 Å². The Morgan fingerprint density at radius 1 is 1.06 bits per heavy atom. The average molecular weight is 430 g/mol. The molecule has 0 spiro atoms. The lowest BCUT2D eigenvalue weighted by molar-refractivity contribution is -0.217. The van der Waals surface area contributed by atoms with Crippen molar-refractivity contribution in [1.29, 1.82) is 5.26 Å². The molecule has 3 aliphatic carbocycles. The summed E-state index contributed by atoms with van der Waals surface area (Å²) in [6.07, 6.45) is 1.26. The minimum Gasteiger partial charge on any atom is -0.481 e. The van der Waals surface area contributed by atoms with Crippen molar-refractivity contribution < 1.29 is 14.7 Å². The number of carbonyl (C=O) groups is 2. The largest absolute Gasteiger partial charge is 0.481 e. The quantitative estimate of drug-likeness (QED) is 0.526. The highest BCUT2D eigenvalue weighted by atomic mass is 32.1. The fourth-order valence-corrected chi connectivity index (χ4v) is 5.21. The van der Waals surface area contributed by atoms with Crippen LogP contribution in [0.15, 0.2) is 53.9 Å². The molecule has 0 unspecified atom stereocenters. The number of amides is 1. The van der Waals surface area contributed by atoms with Crippen LogP contribution in [0.2, 0.25) is 0 Å². The number of hydrogen-bond donors (Lipinski definition) is 3. The van der Waals surface area contributed by atoms with Crippen molar-refractivity contribution in [3.05, 3.63) is 59.5 Å². The molecule has 6 rings (SSSR count). The number of nitriles is 1. The zero-order valence-electron chi connectivity index (χ0n) is 16.4. The predicted octanol–water partition coefficient (Wildman–Crippen LogP) is 4.62. The first-order valence-corrected chi connectivity index (χ1v) is 10.7. The van der Waals surface area contributed by atoms with Gasteiger partial charge >= 0.3 is 5.97 Å². The average Bonchev–Trinajstić information content (AvgIpc) is 3.15. The molecule has 0 saturated heterocycles. The Balaban J connectivity index is 1.26. The maximum atomic E-state index is 12.6. The number of anilines is 3.